The van der Waals surface area contributed by atoms with Crippen LogP contribution >= 0.6 is 0 Å². The molecule has 0 aromatic carbocycles. The Balaban J connectivity index is 3.29. The molecule has 2 unspecified atom stereocenters. The summed E-state index contributed by atoms with van der Waals surface area (Å²) >= 11 is 0. The van der Waals surface area contributed by atoms with Crippen LogP contribution in [0.1, 0.15) is 111 Å². The minimum absolute atomic E-state index is 0.0789. The van der Waals surface area contributed by atoms with Gasteiger partial charge in [-0.2, -0.15) is 0 Å². The zero-order chi connectivity index (χ0) is 17.3. The summed E-state index contributed by atoms with van der Waals surface area (Å²) in [5, 5.41) is 9.21. The SMILES string of the molecule is CCCCCCCCCCCCCC(=O)OC(C)CCC(C)O. The van der Waals surface area contributed by atoms with Gasteiger partial charge >= 0.3 is 5.97 Å². The summed E-state index contributed by atoms with van der Waals surface area (Å²) in [6.45, 7) is 5.92. The van der Waals surface area contributed by atoms with E-state index in [0.717, 1.165) is 19.3 Å². The van der Waals surface area contributed by atoms with Crippen molar-refractivity contribution in [2.24, 2.45) is 0 Å². The van der Waals surface area contributed by atoms with Crippen LogP contribution in [0.15, 0.2) is 0 Å². The molecule has 0 bridgehead atoms. The molecule has 0 aromatic rings. The van der Waals surface area contributed by atoms with E-state index in [1.165, 1.54) is 57.8 Å². The van der Waals surface area contributed by atoms with E-state index in [2.05, 4.69) is 6.92 Å². The number of aliphatic hydroxyl groups is 1. The maximum atomic E-state index is 11.7. The summed E-state index contributed by atoms with van der Waals surface area (Å²) in [5.74, 6) is -0.0842. The lowest BCUT2D eigenvalue weighted by Crippen LogP contribution is -2.16. The van der Waals surface area contributed by atoms with Crippen LogP contribution in [-0.4, -0.2) is 23.3 Å². The number of rotatable bonds is 16. The number of unbranched alkanes of at least 4 members (excludes halogenated alkanes) is 10. The minimum Gasteiger partial charge on any atom is -0.463 e. The van der Waals surface area contributed by atoms with Gasteiger partial charge in [0, 0.05) is 6.42 Å². The number of carbonyl (C=O) groups excluding carboxylic acids is 1. The molecule has 0 heterocycles. The first kappa shape index (κ1) is 22.4. The van der Waals surface area contributed by atoms with Crippen molar-refractivity contribution in [3.63, 3.8) is 0 Å². The van der Waals surface area contributed by atoms with Gasteiger partial charge < -0.3 is 9.84 Å². The molecule has 0 rings (SSSR count). The molecule has 0 aliphatic heterocycles. The molecule has 0 radical (unpaired) electrons. The van der Waals surface area contributed by atoms with E-state index >= 15 is 0 Å². The van der Waals surface area contributed by atoms with E-state index in [4.69, 9.17) is 4.74 Å². The fourth-order valence-electron chi connectivity index (χ4n) is 2.75. The molecule has 0 spiro atoms. The Morgan fingerprint density at radius 2 is 1.30 bits per heavy atom. The molecule has 3 nitrogen and oxygen atoms in total. The van der Waals surface area contributed by atoms with Crippen LogP contribution in [0.25, 0.3) is 0 Å². The number of hydrogen-bond acceptors (Lipinski definition) is 3. The third kappa shape index (κ3) is 17.6. The van der Waals surface area contributed by atoms with E-state index < -0.39 is 0 Å². The summed E-state index contributed by atoms with van der Waals surface area (Å²) in [5.41, 5.74) is 0. The highest BCUT2D eigenvalue weighted by Gasteiger charge is 2.10. The third-order valence-corrected chi connectivity index (χ3v) is 4.31. The van der Waals surface area contributed by atoms with E-state index in [1.807, 2.05) is 6.92 Å². The van der Waals surface area contributed by atoms with Crippen molar-refractivity contribution < 1.29 is 14.6 Å². The zero-order valence-corrected chi connectivity index (χ0v) is 15.8. The largest absolute Gasteiger partial charge is 0.463 e. The molecular weight excluding hydrogens is 288 g/mol. The summed E-state index contributed by atoms with van der Waals surface area (Å²) in [6.07, 6.45) is 15.8. The molecule has 1 N–H and O–H groups in total. The summed E-state index contributed by atoms with van der Waals surface area (Å²) in [6, 6.07) is 0. The molecule has 138 valence electrons. The van der Waals surface area contributed by atoms with Gasteiger partial charge in [0.05, 0.1) is 12.2 Å². The average molecular weight is 329 g/mol. The van der Waals surface area contributed by atoms with Crippen LogP contribution in [0.3, 0.4) is 0 Å². The van der Waals surface area contributed by atoms with Crippen molar-refractivity contribution in [3.8, 4) is 0 Å². The molecule has 0 saturated heterocycles. The van der Waals surface area contributed by atoms with E-state index in [0.29, 0.717) is 12.8 Å². The maximum absolute atomic E-state index is 11.7. The second-order valence-corrected chi connectivity index (χ2v) is 7.01. The van der Waals surface area contributed by atoms with Gasteiger partial charge in [0.15, 0.2) is 0 Å². The Bertz CT molecular complexity index is 264. The molecule has 0 aliphatic rings. The normalized spacial score (nSPS) is 13.7. The molecule has 3 heteroatoms. The van der Waals surface area contributed by atoms with Gasteiger partial charge in [0.1, 0.15) is 0 Å². The highest BCUT2D eigenvalue weighted by Crippen LogP contribution is 2.13. The molecular formula is C20H40O3. The molecule has 0 saturated carbocycles. The molecule has 23 heavy (non-hydrogen) atoms. The lowest BCUT2D eigenvalue weighted by Gasteiger charge is -2.14. The summed E-state index contributed by atoms with van der Waals surface area (Å²) in [7, 11) is 0. The van der Waals surface area contributed by atoms with Gasteiger partial charge in [-0.1, -0.05) is 71.1 Å². The Labute approximate surface area is 144 Å². The van der Waals surface area contributed by atoms with Crippen LogP contribution < -0.4 is 0 Å². The monoisotopic (exact) mass is 328 g/mol. The quantitative estimate of drug-likeness (QED) is 0.288. The van der Waals surface area contributed by atoms with Gasteiger partial charge in [0.2, 0.25) is 0 Å². The highest BCUT2D eigenvalue weighted by atomic mass is 16.5. The van der Waals surface area contributed by atoms with Gasteiger partial charge in [-0.25, -0.2) is 0 Å². The zero-order valence-electron chi connectivity index (χ0n) is 15.8. The van der Waals surface area contributed by atoms with Gasteiger partial charge in [-0.15, -0.1) is 0 Å². The maximum Gasteiger partial charge on any atom is 0.306 e. The predicted molar refractivity (Wildman–Crippen MR) is 97.5 cm³/mol. The van der Waals surface area contributed by atoms with Crippen molar-refractivity contribution in [1.82, 2.24) is 0 Å². The van der Waals surface area contributed by atoms with Crippen molar-refractivity contribution in [1.29, 1.82) is 0 Å². The Morgan fingerprint density at radius 1 is 0.826 bits per heavy atom. The Hall–Kier alpha value is -0.570. The molecule has 0 aliphatic carbocycles. The molecule has 0 amide bonds. The van der Waals surface area contributed by atoms with Crippen LogP contribution in [0.2, 0.25) is 0 Å². The van der Waals surface area contributed by atoms with Crippen molar-refractivity contribution in [2.45, 2.75) is 123 Å². The van der Waals surface area contributed by atoms with Crippen molar-refractivity contribution in [2.75, 3.05) is 0 Å². The topological polar surface area (TPSA) is 46.5 Å². The molecule has 2 atom stereocenters. The Kier molecular flexibility index (Phi) is 15.9. The second-order valence-electron chi connectivity index (χ2n) is 7.01. The smallest absolute Gasteiger partial charge is 0.306 e. The van der Waals surface area contributed by atoms with Crippen LogP contribution in [0.4, 0.5) is 0 Å². The van der Waals surface area contributed by atoms with Crippen LogP contribution in [0.5, 0.6) is 0 Å². The lowest BCUT2D eigenvalue weighted by molar-refractivity contribution is -0.148. The number of esters is 1. The highest BCUT2D eigenvalue weighted by molar-refractivity contribution is 5.69. The number of ether oxygens (including phenoxy) is 1. The number of aliphatic hydroxyl groups excluding tert-OH is 1. The van der Waals surface area contributed by atoms with Crippen molar-refractivity contribution >= 4 is 5.97 Å². The van der Waals surface area contributed by atoms with E-state index in [9.17, 15) is 9.90 Å². The van der Waals surface area contributed by atoms with Crippen LogP contribution in [0, 0.1) is 0 Å². The van der Waals surface area contributed by atoms with E-state index in [1.54, 1.807) is 6.92 Å². The lowest BCUT2D eigenvalue weighted by atomic mass is 10.1. The second kappa shape index (κ2) is 16.3. The fraction of sp³-hybridized carbons (Fsp3) is 0.950. The summed E-state index contributed by atoms with van der Waals surface area (Å²) < 4.78 is 5.34. The molecule has 0 fully saturated rings. The predicted octanol–water partition coefficient (Wildman–Crippen LogP) is 5.78. The first-order chi connectivity index (χ1) is 11.1. The summed E-state index contributed by atoms with van der Waals surface area (Å²) in [4.78, 5) is 11.7. The fourth-order valence-corrected chi connectivity index (χ4v) is 2.75. The van der Waals surface area contributed by atoms with Crippen molar-refractivity contribution in [3.05, 3.63) is 0 Å². The number of hydrogen-bond donors (Lipinski definition) is 1. The number of carbonyl (C=O) groups is 1. The first-order valence-corrected chi connectivity index (χ1v) is 9.93. The Morgan fingerprint density at radius 3 is 1.78 bits per heavy atom. The third-order valence-electron chi connectivity index (χ3n) is 4.31. The van der Waals surface area contributed by atoms with Gasteiger partial charge in [-0.3, -0.25) is 4.79 Å². The standard InChI is InChI=1S/C20H40O3/c1-4-5-6-7-8-9-10-11-12-13-14-15-20(22)23-19(3)17-16-18(2)21/h18-19,21H,4-17H2,1-3H3. The minimum atomic E-state index is -0.317. The van der Waals surface area contributed by atoms with E-state index in [-0.39, 0.29) is 18.2 Å². The molecule has 0 aromatic heterocycles. The first-order valence-electron chi connectivity index (χ1n) is 9.93. The van der Waals surface area contributed by atoms with Crippen LogP contribution in [-0.2, 0) is 9.53 Å². The van der Waals surface area contributed by atoms with Gasteiger partial charge in [0.25, 0.3) is 0 Å². The van der Waals surface area contributed by atoms with Gasteiger partial charge in [-0.05, 0) is 33.1 Å². The average Bonchev–Trinajstić information content (AvgIpc) is 2.50.